The molecule has 0 fully saturated rings. The third-order valence-electron chi connectivity index (χ3n) is 3.18. The van der Waals surface area contributed by atoms with Crippen LogP contribution in [-0.2, 0) is 4.79 Å². The van der Waals surface area contributed by atoms with Gasteiger partial charge in [-0.05, 0) is 24.6 Å². The zero-order chi connectivity index (χ0) is 15.2. The summed E-state index contributed by atoms with van der Waals surface area (Å²) in [5.74, 6) is 0.905. The van der Waals surface area contributed by atoms with Crippen LogP contribution in [0.5, 0.6) is 0 Å². The van der Waals surface area contributed by atoms with Crippen molar-refractivity contribution in [2.45, 2.75) is 26.3 Å². The number of carbonyl (C=O) groups is 1. The van der Waals surface area contributed by atoms with Crippen molar-refractivity contribution in [1.29, 1.82) is 0 Å². The van der Waals surface area contributed by atoms with E-state index in [1.165, 1.54) is 5.56 Å². The van der Waals surface area contributed by atoms with Crippen LogP contribution in [0.15, 0.2) is 42.5 Å². The number of anilines is 3. The first-order chi connectivity index (χ1) is 10.1. The fraction of sp³-hybridized carbons (Fsp3) is 0.250. The van der Waals surface area contributed by atoms with Gasteiger partial charge in [0.05, 0.1) is 5.69 Å². The van der Waals surface area contributed by atoms with Gasteiger partial charge in [-0.15, -0.1) is 0 Å². The highest BCUT2D eigenvalue weighted by atomic mass is 16.1. The van der Waals surface area contributed by atoms with Crippen LogP contribution in [-0.4, -0.2) is 10.9 Å². The maximum atomic E-state index is 11.4. The van der Waals surface area contributed by atoms with E-state index in [2.05, 4.69) is 34.7 Å². The average Bonchev–Trinajstić information content (AvgIpc) is 2.50. The molecular weight excluding hydrogens is 264 g/mol. The van der Waals surface area contributed by atoms with Crippen molar-refractivity contribution < 1.29 is 4.79 Å². The lowest BCUT2D eigenvalue weighted by atomic mass is 10.1. The predicted molar refractivity (Wildman–Crippen MR) is 86.0 cm³/mol. The van der Waals surface area contributed by atoms with Gasteiger partial charge >= 0.3 is 0 Å². The number of rotatable bonds is 5. The summed E-state index contributed by atoms with van der Waals surface area (Å²) in [7, 11) is 0. The van der Waals surface area contributed by atoms with Gasteiger partial charge in [-0.3, -0.25) is 4.79 Å². The maximum absolute atomic E-state index is 11.4. The Morgan fingerprint density at radius 1 is 1.24 bits per heavy atom. The Morgan fingerprint density at radius 2 is 1.95 bits per heavy atom. The van der Waals surface area contributed by atoms with E-state index in [0.29, 0.717) is 23.7 Å². The van der Waals surface area contributed by atoms with Gasteiger partial charge in [0.2, 0.25) is 5.91 Å². The van der Waals surface area contributed by atoms with Crippen LogP contribution in [0.2, 0.25) is 0 Å². The molecule has 1 atom stereocenters. The second-order valence-corrected chi connectivity index (χ2v) is 4.81. The van der Waals surface area contributed by atoms with E-state index < -0.39 is 0 Å². The van der Waals surface area contributed by atoms with E-state index in [-0.39, 0.29) is 11.9 Å². The summed E-state index contributed by atoms with van der Waals surface area (Å²) in [6, 6.07) is 13.8. The summed E-state index contributed by atoms with van der Waals surface area (Å²) in [4.78, 5) is 15.6. The van der Waals surface area contributed by atoms with Crippen LogP contribution in [0, 0.1) is 0 Å². The van der Waals surface area contributed by atoms with Gasteiger partial charge in [-0.25, -0.2) is 4.98 Å². The molecule has 0 aliphatic heterocycles. The number of hydrogen-bond donors (Lipinski definition) is 3. The quantitative estimate of drug-likeness (QED) is 0.787. The summed E-state index contributed by atoms with van der Waals surface area (Å²) in [5, 5.41) is 6.01. The van der Waals surface area contributed by atoms with Crippen molar-refractivity contribution in [1.82, 2.24) is 4.98 Å². The standard InChI is InChI=1S/C16H20N4O/c1-3-15(21)19-13-9-10-14(20-16(13)17)18-11(2)12-7-5-4-6-8-12/h4-11H,3H2,1-2H3,(H,19,21)(H3,17,18,20). The summed E-state index contributed by atoms with van der Waals surface area (Å²) in [6.45, 7) is 3.84. The zero-order valence-corrected chi connectivity index (χ0v) is 12.3. The first kappa shape index (κ1) is 14.8. The molecule has 1 amide bonds. The Bertz CT molecular complexity index is 613. The average molecular weight is 284 g/mol. The molecular formula is C16H20N4O. The number of pyridine rings is 1. The lowest BCUT2D eigenvalue weighted by Crippen LogP contribution is -2.13. The molecule has 0 saturated carbocycles. The molecule has 0 aliphatic rings. The van der Waals surface area contributed by atoms with Crippen LogP contribution in [0.1, 0.15) is 31.9 Å². The van der Waals surface area contributed by atoms with Gasteiger partial charge in [0.15, 0.2) is 0 Å². The number of hydrogen-bond acceptors (Lipinski definition) is 4. The van der Waals surface area contributed by atoms with Gasteiger partial charge in [0, 0.05) is 12.5 Å². The third-order valence-corrected chi connectivity index (χ3v) is 3.18. The monoisotopic (exact) mass is 284 g/mol. The van der Waals surface area contributed by atoms with Gasteiger partial charge in [0.1, 0.15) is 11.6 Å². The van der Waals surface area contributed by atoms with Crippen molar-refractivity contribution in [3.63, 3.8) is 0 Å². The second-order valence-electron chi connectivity index (χ2n) is 4.81. The molecule has 0 radical (unpaired) electrons. The fourth-order valence-corrected chi connectivity index (χ4v) is 1.95. The first-order valence-electron chi connectivity index (χ1n) is 6.98. The number of amides is 1. The smallest absolute Gasteiger partial charge is 0.224 e. The third kappa shape index (κ3) is 3.95. The Balaban J connectivity index is 2.08. The molecule has 21 heavy (non-hydrogen) atoms. The Hall–Kier alpha value is -2.56. The van der Waals surface area contributed by atoms with Crippen LogP contribution in [0.3, 0.4) is 0 Å². The Labute approximate surface area is 124 Å². The van der Waals surface area contributed by atoms with Gasteiger partial charge in [-0.1, -0.05) is 37.3 Å². The number of nitrogens with zero attached hydrogens (tertiary/aromatic N) is 1. The number of carbonyl (C=O) groups excluding carboxylic acids is 1. The minimum absolute atomic E-state index is 0.0816. The Kier molecular flexibility index (Phi) is 4.77. The van der Waals surface area contributed by atoms with Gasteiger partial charge < -0.3 is 16.4 Å². The molecule has 5 heteroatoms. The van der Waals surface area contributed by atoms with Crippen molar-refractivity contribution in [3.05, 3.63) is 48.0 Å². The lowest BCUT2D eigenvalue weighted by molar-refractivity contribution is -0.115. The molecule has 0 bridgehead atoms. The van der Waals surface area contributed by atoms with E-state index in [0.717, 1.165) is 0 Å². The molecule has 1 heterocycles. The molecule has 0 saturated heterocycles. The van der Waals surface area contributed by atoms with Crippen molar-refractivity contribution in [3.8, 4) is 0 Å². The molecule has 110 valence electrons. The molecule has 4 N–H and O–H groups in total. The van der Waals surface area contributed by atoms with Crippen LogP contribution < -0.4 is 16.4 Å². The highest BCUT2D eigenvalue weighted by Crippen LogP contribution is 2.22. The number of nitrogens with one attached hydrogen (secondary N) is 2. The number of aromatic nitrogens is 1. The second kappa shape index (κ2) is 6.74. The maximum Gasteiger partial charge on any atom is 0.224 e. The topological polar surface area (TPSA) is 80.0 Å². The molecule has 0 aliphatic carbocycles. The van der Waals surface area contributed by atoms with Crippen molar-refractivity contribution >= 4 is 23.2 Å². The molecule has 2 rings (SSSR count). The van der Waals surface area contributed by atoms with Crippen LogP contribution >= 0.6 is 0 Å². The summed E-state index contributed by atoms with van der Waals surface area (Å²) in [5.41, 5.74) is 7.58. The molecule has 0 spiro atoms. The Morgan fingerprint density at radius 3 is 2.57 bits per heavy atom. The molecule has 1 unspecified atom stereocenters. The van der Waals surface area contributed by atoms with E-state index in [9.17, 15) is 4.79 Å². The number of nitrogen functional groups attached to an aromatic ring is 1. The number of benzene rings is 1. The normalized spacial score (nSPS) is 11.7. The summed E-state index contributed by atoms with van der Waals surface area (Å²) < 4.78 is 0. The van der Waals surface area contributed by atoms with E-state index in [1.54, 1.807) is 19.1 Å². The summed E-state index contributed by atoms with van der Waals surface area (Å²) >= 11 is 0. The minimum Gasteiger partial charge on any atom is -0.382 e. The zero-order valence-electron chi connectivity index (χ0n) is 12.3. The molecule has 2 aromatic rings. The molecule has 1 aromatic heterocycles. The van der Waals surface area contributed by atoms with E-state index in [1.807, 2.05) is 18.2 Å². The highest BCUT2D eigenvalue weighted by molar-refractivity contribution is 5.93. The largest absolute Gasteiger partial charge is 0.382 e. The van der Waals surface area contributed by atoms with E-state index >= 15 is 0 Å². The van der Waals surface area contributed by atoms with E-state index in [4.69, 9.17) is 5.73 Å². The summed E-state index contributed by atoms with van der Waals surface area (Å²) in [6.07, 6.45) is 0.407. The fourth-order valence-electron chi connectivity index (χ4n) is 1.95. The van der Waals surface area contributed by atoms with Crippen LogP contribution in [0.4, 0.5) is 17.3 Å². The minimum atomic E-state index is -0.0816. The van der Waals surface area contributed by atoms with Crippen LogP contribution in [0.25, 0.3) is 0 Å². The van der Waals surface area contributed by atoms with Gasteiger partial charge in [0.25, 0.3) is 0 Å². The van der Waals surface area contributed by atoms with Gasteiger partial charge in [-0.2, -0.15) is 0 Å². The first-order valence-corrected chi connectivity index (χ1v) is 6.98. The lowest BCUT2D eigenvalue weighted by Gasteiger charge is -2.16. The number of nitrogens with two attached hydrogens (primary N) is 1. The SMILES string of the molecule is CCC(=O)Nc1ccc(NC(C)c2ccccc2)nc1N. The molecule has 5 nitrogen and oxygen atoms in total. The van der Waals surface area contributed by atoms with Crippen molar-refractivity contribution in [2.75, 3.05) is 16.4 Å². The van der Waals surface area contributed by atoms with Crippen molar-refractivity contribution in [2.24, 2.45) is 0 Å². The molecule has 1 aromatic carbocycles. The highest BCUT2D eigenvalue weighted by Gasteiger charge is 2.08. The predicted octanol–water partition coefficient (Wildman–Crippen LogP) is 3.19.